The van der Waals surface area contributed by atoms with E-state index in [9.17, 15) is 0 Å². The quantitative estimate of drug-likeness (QED) is 0.0132. The van der Waals surface area contributed by atoms with Gasteiger partial charge in [0.2, 0.25) is 0 Å². The molecule has 0 radical (unpaired) electrons. The molecule has 3 aromatic rings. The average Bonchev–Trinajstić information content (AvgIpc) is 0.829. The lowest BCUT2D eigenvalue weighted by Crippen LogP contribution is -2.46. The highest BCUT2D eigenvalue weighted by atomic mass is 32.1. The van der Waals surface area contributed by atoms with Crippen LogP contribution in [0.5, 0.6) is 0 Å². The zero-order valence-electron chi connectivity index (χ0n) is 84.5. The molecular weight excluding hydrogens is 1890 g/mol. The maximum atomic E-state index is 8.50. The number of thiol groups is 4. The zero-order chi connectivity index (χ0) is 98.3. The van der Waals surface area contributed by atoms with Crippen LogP contribution >= 0.6 is 58.4 Å². The van der Waals surface area contributed by atoms with Gasteiger partial charge in [0, 0.05) is 224 Å². The molecule has 0 saturated heterocycles. The van der Waals surface area contributed by atoms with Crippen LogP contribution in [0.3, 0.4) is 0 Å². The summed E-state index contributed by atoms with van der Waals surface area (Å²) < 4.78 is 126. The first kappa shape index (κ1) is 140. The van der Waals surface area contributed by atoms with E-state index in [-0.39, 0.29) is 0 Å². The van der Waals surface area contributed by atoms with Gasteiger partial charge < -0.3 is 113 Å². The first-order valence-corrected chi connectivity index (χ1v) is 72.0. The number of benzene rings is 2. The van der Waals surface area contributed by atoms with Gasteiger partial charge in [-0.2, -0.15) is 61.0 Å². The van der Waals surface area contributed by atoms with E-state index in [1.807, 2.05) is 101 Å². The van der Waals surface area contributed by atoms with Crippen molar-refractivity contribution in [1.29, 1.82) is 10.5 Å². The summed E-state index contributed by atoms with van der Waals surface area (Å²) in [6.45, 7) is 45.5. The predicted octanol–water partition coefficient (Wildman–Crippen LogP) is 18.0. The van der Waals surface area contributed by atoms with E-state index >= 15 is 0 Å². The molecule has 4 N–H and O–H groups in total. The van der Waals surface area contributed by atoms with Crippen molar-refractivity contribution in [3.05, 3.63) is 90.8 Å². The number of unbranched alkanes of at least 4 members (excludes halogenated alkanes) is 2. The van der Waals surface area contributed by atoms with Gasteiger partial charge in [-0.15, -0.1) is 0 Å². The number of pyridine rings is 1. The van der Waals surface area contributed by atoms with Crippen molar-refractivity contribution in [2.75, 3.05) is 200 Å². The topological polar surface area (TPSA) is 325 Å². The van der Waals surface area contributed by atoms with Crippen LogP contribution in [0.25, 0.3) is 0 Å². The van der Waals surface area contributed by atoms with Gasteiger partial charge >= 0.3 is 69.7 Å². The SMILES string of the molecule is CCO[Si](C)(C)CS.CCO[Si](C)(CCCN)OCC.CCO[Si](C)(CS)OCC.CCO[Si](CCCC#N)(OCC)OCC.CCO[Si](CCP(c1ccccc1)c1ccccc1)(OCC)OCC.CO[Si](C)(C)CCCC#N.CO[Si](C)(CCCS)OC.CO[Si](CCCN)(OC)OC.CO[Si](CCCS)(OC)OC.CO[Si](CCc1ccccn1)(OC)OC. The minimum atomic E-state index is -2.61. The highest BCUT2D eigenvalue weighted by Gasteiger charge is 2.43. The minimum Gasteiger partial charge on any atom is -0.420 e. The summed E-state index contributed by atoms with van der Waals surface area (Å²) in [6.07, 6.45) is 10.5. The second kappa shape index (κ2) is 90.7. The van der Waals surface area contributed by atoms with Gasteiger partial charge in [0.15, 0.2) is 16.6 Å². The fourth-order valence-corrected chi connectivity index (χ4v) is 33.9. The van der Waals surface area contributed by atoms with Crippen LogP contribution in [0.1, 0.15) is 133 Å². The zero-order valence-corrected chi connectivity index (χ0v) is 98.9. The lowest BCUT2D eigenvalue weighted by Gasteiger charge is -2.30. The Labute approximate surface area is 808 Å². The van der Waals surface area contributed by atoms with Crippen LogP contribution < -0.4 is 22.1 Å². The van der Waals surface area contributed by atoms with Crippen LogP contribution in [-0.2, 0) is 108 Å². The molecule has 1 heterocycles. The third-order valence-corrected chi connectivity index (χ3v) is 53.5. The fourth-order valence-electron chi connectivity index (χ4n) is 11.2. The van der Waals surface area contributed by atoms with Crippen LogP contribution in [0.15, 0.2) is 85.1 Å². The number of nitrogens with zero attached hydrogens (tertiary/aromatic N) is 3. The third-order valence-electron chi connectivity index (χ3n) is 18.4. The average molecular weight is 2070 g/mol. The predicted molar refractivity (Wildman–Crippen MR) is 563 cm³/mol. The molecule has 0 atom stereocenters. The van der Waals surface area contributed by atoms with Crippen LogP contribution in [-0.4, -0.2) is 291 Å². The van der Waals surface area contributed by atoms with E-state index in [1.54, 1.807) is 91.5 Å². The second-order valence-corrected chi connectivity index (χ2v) is 67.2. The molecule has 0 aliphatic heterocycles. The molecule has 0 fully saturated rings. The molecule has 0 spiro atoms. The highest BCUT2D eigenvalue weighted by molar-refractivity contribution is 7.82. The summed E-state index contributed by atoms with van der Waals surface area (Å²) in [5.41, 5.74) is 11.8. The molecule has 0 amide bonds. The molecule has 0 unspecified atom stereocenters. The highest BCUT2D eigenvalue weighted by Crippen LogP contribution is 2.37. The molecule has 0 aliphatic rings. The molecule has 1 aromatic heterocycles. The molecule has 0 bridgehead atoms. The number of hydrogen-bond acceptors (Lipinski definition) is 32. The summed E-state index contributed by atoms with van der Waals surface area (Å²) in [6, 6.07) is 38.7. The van der Waals surface area contributed by atoms with Crippen molar-refractivity contribution >= 4 is 155 Å². The number of aromatic nitrogens is 1. The lowest BCUT2D eigenvalue weighted by molar-refractivity contribution is 0.0706. The Bertz CT molecular complexity index is 2780. The second-order valence-electron chi connectivity index (χ2n) is 28.7. The largest absolute Gasteiger partial charge is 0.501 e. The number of nitriles is 2. The van der Waals surface area contributed by atoms with E-state index in [2.05, 4.69) is 168 Å². The Morgan fingerprint density at radius 1 is 0.315 bits per heavy atom. The fraction of sp³-hybridized carbons (Fsp3) is 0.774. The first-order valence-electron chi connectivity index (χ1n) is 44.5. The molecule has 127 heavy (non-hydrogen) atoms. The monoisotopic (exact) mass is 2070 g/mol. The Kier molecular flexibility index (Phi) is 99.7. The summed E-state index contributed by atoms with van der Waals surface area (Å²) >= 11 is 16.6. The summed E-state index contributed by atoms with van der Waals surface area (Å²) in [5, 5.41) is 21.2. The molecule has 0 aliphatic carbocycles. The van der Waals surface area contributed by atoms with E-state index in [4.69, 9.17) is 124 Å². The van der Waals surface area contributed by atoms with E-state index in [0.717, 1.165) is 167 Å². The molecule has 3 rings (SSSR count). The van der Waals surface area contributed by atoms with Gasteiger partial charge in [-0.05, 0) is 246 Å². The van der Waals surface area contributed by atoms with Crippen molar-refractivity contribution in [2.45, 2.75) is 228 Å². The number of nitrogens with two attached hydrogens (primary N) is 2. The summed E-state index contributed by atoms with van der Waals surface area (Å²) in [5.74, 6) is 1.75. The Balaban J connectivity index is -0.000000257. The van der Waals surface area contributed by atoms with E-state index < -0.39 is 94.3 Å². The van der Waals surface area contributed by atoms with Gasteiger partial charge in [0.1, 0.15) is 0 Å². The molecule has 0 saturated carbocycles. The number of aryl methyl sites for hydroxylation is 1. The standard InChI is InChI=1S/C20H29O3PSi.C10H17NO3Si.C10H21NO3Si.C8H21NO2Si.C7H15NOSi.C6H17NO3Si.C6H16O3SSi.2C6H16O2SSi.C5H14OSSi/c1-4-21-25(22-5-2,23-6-3)18-17-24(19-13-9-7-10-14-19)20-15-11-8-12-16-20;1-12-15(13-2,14-3)9-7-10-6-4-5-8-11-10;1-4-12-15(13-5-2,14-6-3)10-8-7-9-11;1-4-10-12(3,11-5-2)8-6-7-9;1-9-10(2,3)7-5-4-6-8;1-8-11(9-2,10-3)6-4-5-7;1-7-11(8-2,9-3)6-4-5-10;1-7-10(3,8-2)6-4-5-9;1-4-7-10(3,6-9)8-5-2;1-4-6-8(2,3)5-7/h7-16H,4-6,17-18H2,1-3H3;4-6,8H,7,9H2,1-3H3;4-8,10H2,1-3H3;4-9H2,1-3H3;4-5,7H2,1-3H3;4-7H2,1-3H3;10H,4-6H2,1-3H3;2*9H,4-6H2,1-3H3;7H,4-5H2,1-3H3. The molecule has 2 aromatic carbocycles. The van der Waals surface area contributed by atoms with Crippen molar-refractivity contribution < 1.29 is 102 Å². The number of hydrogen-bond donors (Lipinski definition) is 6. The van der Waals surface area contributed by atoms with Crippen molar-refractivity contribution in [3.63, 3.8) is 0 Å². The van der Waals surface area contributed by atoms with Crippen molar-refractivity contribution in [3.8, 4) is 12.1 Å². The maximum Gasteiger partial charge on any atom is 0.501 e. The summed E-state index contributed by atoms with van der Waals surface area (Å²) in [7, 11) is -0.993. The maximum absolute atomic E-state index is 8.50. The van der Waals surface area contributed by atoms with Gasteiger partial charge in [-0.25, -0.2) is 0 Å². The Morgan fingerprint density at radius 2 is 0.630 bits per heavy atom. The molecule has 43 heteroatoms. The normalized spacial score (nSPS) is 11.8. The first-order chi connectivity index (χ1) is 60.5. The van der Waals surface area contributed by atoms with E-state index in [0.29, 0.717) is 59.0 Å². The van der Waals surface area contributed by atoms with E-state index in [1.165, 1.54) is 10.6 Å². The van der Waals surface area contributed by atoms with Gasteiger partial charge in [-0.1, -0.05) is 66.7 Å². The van der Waals surface area contributed by atoms with Crippen LogP contribution in [0.2, 0.25) is 94.2 Å². The molecule has 750 valence electrons. The third kappa shape index (κ3) is 73.4. The lowest BCUT2D eigenvalue weighted by atomic mass is 10.3. The molecular formula is C84H182N5O23PS4Si10. The minimum absolute atomic E-state index is 0.453. The van der Waals surface area contributed by atoms with Gasteiger partial charge in [0.05, 0.1) is 12.1 Å². The Morgan fingerprint density at radius 3 is 0.929 bits per heavy atom. The van der Waals surface area contributed by atoms with Gasteiger partial charge in [0.25, 0.3) is 0 Å². The van der Waals surface area contributed by atoms with Crippen LogP contribution in [0.4, 0.5) is 0 Å². The number of rotatable bonds is 62. The van der Waals surface area contributed by atoms with Crippen LogP contribution in [0, 0.1) is 22.7 Å². The van der Waals surface area contributed by atoms with Crippen molar-refractivity contribution in [1.82, 2.24) is 4.98 Å². The Hall–Kier alpha value is -0.431. The summed E-state index contributed by atoms with van der Waals surface area (Å²) in [4.78, 5) is 4.24. The molecule has 28 nitrogen and oxygen atoms in total. The smallest absolute Gasteiger partial charge is 0.420 e. The van der Waals surface area contributed by atoms with Crippen molar-refractivity contribution in [2.24, 2.45) is 11.5 Å². The van der Waals surface area contributed by atoms with Gasteiger partial charge in [-0.3, -0.25) is 4.98 Å².